The molecule has 3 aliphatic heterocycles. The molecule has 3 heterocycles. The molecule has 37 heavy (non-hydrogen) atoms. The average molecular weight is 512 g/mol. The molecule has 0 saturated carbocycles. The van der Waals surface area contributed by atoms with Crippen LogP contribution in [-0.4, -0.2) is 91.5 Å². The highest BCUT2D eigenvalue weighted by Gasteiger charge is 2.53. The van der Waals surface area contributed by atoms with Crippen LogP contribution in [0.15, 0.2) is 23.3 Å². The first-order valence-electron chi connectivity index (χ1n) is 13.1. The molecule has 0 unspecified atom stereocenters. The van der Waals surface area contributed by atoms with E-state index in [1.807, 2.05) is 26.0 Å². The van der Waals surface area contributed by atoms with Crippen molar-refractivity contribution >= 4 is 23.3 Å². The molecule has 2 amide bonds. The number of anilines is 1. The number of piperazine rings is 1. The third-order valence-electron chi connectivity index (χ3n) is 7.60. The van der Waals surface area contributed by atoms with E-state index in [2.05, 4.69) is 26.7 Å². The summed E-state index contributed by atoms with van der Waals surface area (Å²) in [5, 5.41) is 3.79. The van der Waals surface area contributed by atoms with E-state index in [1.54, 1.807) is 6.07 Å². The summed E-state index contributed by atoms with van der Waals surface area (Å²) in [5.74, 6) is -1.61. The van der Waals surface area contributed by atoms with Crippen molar-refractivity contribution < 1.29 is 19.1 Å². The number of amides is 2. The molecule has 4 rings (SSSR count). The number of nitrogens with zero attached hydrogens (tertiary/aromatic N) is 6. The number of rotatable bonds is 9. The third-order valence-corrected chi connectivity index (χ3v) is 7.60. The Bertz CT molecular complexity index is 1080. The van der Waals surface area contributed by atoms with Gasteiger partial charge in [0.05, 0.1) is 18.1 Å². The Kier molecular flexibility index (Phi) is 8.36. The van der Waals surface area contributed by atoms with E-state index >= 15 is 0 Å². The lowest BCUT2D eigenvalue weighted by Gasteiger charge is -2.36. The maximum absolute atomic E-state index is 14.1. The maximum atomic E-state index is 14.1. The number of benzene rings is 1. The highest BCUT2D eigenvalue weighted by Crippen LogP contribution is 2.37. The van der Waals surface area contributed by atoms with Crippen molar-refractivity contribution in [3.8, 4) is 0 Å². The fourth-order valence-corrected chi connectivity index (χ4v) is 5.86. The van der Waals surface area contributed by atoms with Crippen molar-refractivity contribution in [2.24, 2.45) is 16.8 Å². The van der Waals surface area contributed by atoms with Gasteiger partial charge in [0.25, 0.3) is 0 Å². The summed E-state index contributed by atoms with van der Waals surface area (Å²) in [7, 11) is 0. The normalized spacial score (nSPS) is 24.8. The fourth-order valence-electron chi connectivity index (χ4n) is 5.86. The first-order valence-corrected chi connectivity index (χ1v) is 13.1. The van der Waals surface area contributed by atoms with Crippen LogP contribution in [0, 0.1) is 5.92 Å². The van der Waals surface area contributed by atoms with Gasteiger partial charge in [0.15, 0.2) is 5.78 Å². The number of primary amides is 1. The third kappa shape index (κ3) is 5.58. The highest BCUT2D eigenvalue weighted by atomic mass is 16.5. The van der Waals surface area contributed by atoms with E-state index in [1.165, 1.54) is 4.90 Å². The summed E-state index contributed by atoms with van der Waals surface area (Å²) in [6, 6.07) is 4.11. The molecule has 11 heteroatoms. The largest absolute Gasteiger partial charge is 0.369 e. The van der Waals surface area contributed by atoms with Crippen LogP contribution in [0.2, 0.25) is 0 Å². The van der Waals surface area contributed by atoms with Gasteiger partial charge in [-0.15, -0.1) is 0 Å². The number of hydrogen-bond acceptors (Lipinski definition) is 7. The van der Waals surface area contributed by atoms with Gasteiger partial charge in [-0.2, -0.15) is 0 Å². The Labute approximate surface area is 217 Å². The summed E-state index contributed by atoms with van der Waals surface area (Å²) >= 11 is 0. The molecule has 1 aromatic rings. The van der Waals surface area contributed by atoms with Crippen LogP contribution in [0.1, 0.15) is 55.5 Å². The number of Topliss-reactive ketones (excluding diaryl/α,β-unsaturated/α-hetero) is 1. The Morgan fingerprint density at radius 2 is 1.97 bits per heavy atom. The average Bonchev–Trinajstić information content (AvgIpc) is 3.43. The second-order valence-electron chi connectivity index (χ2n) is 10.6. The molecule has 0 spiro atoms. The Balaban J connectivity index is 1.68. The number of nitrogens with two attached hydrogens (primary N) is 1. The van der Waals surface area contributed by atoms with Gasteiger partial charge in [-0.1, -0.05) is 25.9 Å². The number of azide groups is 1. The standard InChI is InChI=1S/C26H37N7O4/c1-4-7-31-8-10-32(11-9-31)17-5-6-18(25(27)35)19(13-17)20(12-16(2)3)26(36)33-14-21(29-30-28)24-23(33)22(34)15-37-24/h5-6,13,16,20-21,23-24H,4,7-12,14-15H2,1-3H3,(H2,27,35)/t20-,21+,23+,24+/m0/s1. The van der Waals surface area contributed by atoms with Gasteiger partial charge in [-0.05, 0) is 54.6 Å². The summed E-state index contributed by atoms with van der Waals surface area (Å²) in [4.78, 5) is 48.4. The molecule has 0 aromatic heterocycles. The molecule has 0 radical (unpaired) electrons. The van der Waals surface area contributed by atoms with Crippen molar-refractivity contribution in [1.29, 1.82) is 0 Å². The van der Waals surface area contributed by atoms with E-state index in [0.29, 0.717) is 17.5 Å². The van der Waals surface area contributed by atoms with Crippen LogP contribution < -0.4 is 10.6 Å². The molecule has 11 nitrogen and oxygen atoms in total. The predicted molar refractivity (Wildman–Crippen MR) is 139 cm³/mol. The van der Waals surface area contributed by atoms with Gasteiger partial charge < -0.3 is 20.3 Å². The molecular weight excluding hydrogens is 474 g/mol. The monoisotopic (exact) mass is 511 g/mol. The second-order valence-corrected chi connectivity index (χ2v) is 10.6. The van der Waals surface area contributed by atoms with Crippen LogP contribution in [-0.2, 0) is 14.3 Å². The zero-order valence-electron chi connectivity index (χ0n) is 21.9. The summed E-state index contributed by atoms with van der Waals surface area (Å²) in [5.41, 5.74) is 16.6. The van der Waals surface area contributed by atoms with Gasteiger partial charge >= 0.3 is 0 Å². The van der Waals surface area contributed by atoms with Crippen molar-refractivity contribution in [3.05, 3.63) is 39.8 Å². The maximum Gasteiger partial charge on any atom is 0.249 e. The zero-order chi connectivity index (χ0) is 26.7. The van der Waals surface area contributed by atoms with E-state index in [9.17, 15) is 14.4 Å². The van der Waals surface area contributed by atoms with Gasteiger partial charge in [0.1, 0.15) is 12.6 Å². The van der Waals surface area contributed by atoms with E-state index in [-0.39, 0.29) is 30.8 Å². The lowest BCUT2D eigenvalue weighted by atomic mass is 9.85. The van der Waals surface area contributed by atoms with E-state index < -0.39 is 30.0 Å². The zero-order valence-corrected chi connectivity index (χ0v) is 21.9. The molecule has 3 saturated heterocycles. The number of carbonyl (C=O) groups is 3. The number of hydrogen-bond donors (Lipinski definition) is 1. The van der Waals surface area contributed by atoms with E-state index in [0.717, 1.165) is 44.8 Å². The molecule has 3 fully saturated rings. The molecule has 1 aromatic carbocycles. The SMILES string of the molecule is CCCN1CCN(c2ccc(C(N)=O)c([C@H](CC(C)C)C(=O)N3C[C@@H](N=[N+]=[N-])[C@H]4OCC(=O)[C@H]43)c2)CC1. The van der Waals surface area contributed by atoms with Crippen LogP contribution in [0.3, 0.4) is 0 Å². The van der Waals surface area contributed by atoms with E-state index in [4.69, 9.17) is 16.0 Å². The minimum atomic E-state index is -0.787. The molecule has 2 N–H and O–H groups in total. The Morgan fingerprint density at radius 1 is 1.24 bits per heavy atom. The van der Waals surface area contributed by atoms with Crippen LogP contribution in [0.5, 0.6) is 0 Å². The van der Waals surface area contributed by atoms with Crippen molar-refractivity contribution in [3.63, 3.8) is 0 Å². The topological polar surface area (TPSA) is 145 Å². The fraction of sp³-hybridized carbons (Fsp3) is 0.654. The van der Waals surface area contributed by atoms with Gasteiger partial charge in [0.2, 0.25) is 11.8 Å². The first kappa shape index (κ1) is 26.9. The van der Waals surface area contributed by atoms with Crippen molar-refractivity contribution in [2.45, 2.75) is 57.7 Å². The smallest absolute Gasteiger partial charge is 0.249 e. The molecule has 200 valence electrons. The van der Waals surface area contributed by atoms with Gasteiger partial charge in [-0.3, -0.25) is 19.3 Å². The van der Waals surface area contributed by atoms with Crippen molar-refractivity contribution in [1.82, 2.24) is 9.80 Å². The highest BCUT2D eigenvalue weighted by molar-refractivity contribution is 5.99. The number of ketones is 1. The first-order chi connectivity index (χ1) is 17.7. The van der Waals surface area contributed by atoms with Crippen LogP contribution >= 0.6 is 0 Å². The molecule has 0 bridgehead atoms. The Morgan fingerprint density at radius 3 is 2.59 bits per heavy atom. The summed E-state index contributed by atoms with van der Waals surface area (Å²) in [6.45, 7) is 10.9. The minimum absolute atomic E-state index is 0.101. The second kappa shape index (κ2) is 11.5. The van der Waals surface area contributed by atoms with Crippen LogP contribution in [0.25, 0.3) is 10.4 Å². The summed E-state index contributed by atoms with van der Waals surface area (Å²) in [6.07, 6.45) is 0.943. The van der Waals surface area contributed by atoms with Crippen LogP contribution in [0.4, 0.5) is 5.69 Å². The number of ether oxygens (including phenoxy) is 1. The lowest BCUT2D eigenvalue weighted by molar-refractivity contribution is -0.138. The van der Waals surface area contributed by atoms with Gasteiger partial charge in [0, 0.05) is 48.9 Å². The molecule has 0 aliphatic carbocycles. The van der Waals surface area contributed by atoms with Crippen molar-refractivity contribution in [2.75, 3.05) is 50.8 Å². The Hall–Kier alpha value is -3.14. The minimum Gasteiger partial charge on any atom is -0.369 e. The lowest BCUT2D eigenvalue weighted by Crippen LogP contribution is -2.46. The predicted octanol–water partition coefficient (Wildman–Crippen LogP) is 2.30. The molecular formula is C26H37N7O4. The number of likely N-dealkylation sites (tertiary alicyclic amines) is 1. The molecule has 3 aliphatic rings. The number of fused-ring (bicyclic) bond motifs is 1. The molecule has 4 atom stereocenters. The van der Waals surface area contributed by atoms with Gasteiger partial charge in [-0.25, -0.2) is 0 Å². The number of carbonyl (C=O) groups excluding carboxylic acids is 3. The summed E-state index contributed by atoms with van der Waals surface area (Å²) < 4.78 is 5.59. The quantitative estimate of drug-likeness (QED) is 0.306.